The lowest BCUT2D eigenvalue weighted by Gasteiger charge is -2.36. The molecule has 5 nitrogen and oxygen atoms in total. The highest BCUT2D eigenvalue weighted by atomic mass is 16.5. The van der Waals surface area contributed by atoms with Crippen LogP contribution in [0.1, 0.15) is 69.0 Å². The minimum atomic E-state index is -0.375. The van der Waals surface area contributed by atoms with Crippen LogP contribution in [-0.4, -0.2) is 33.2 Å². The lowest BCUT2D eigenvalue weighted by Crippen LogP contribution is -2.37. The van der Waals surface area contributed by atoms with Crippen molar-refractivity contribution in [3.8, 4) is 0 Å². The van der Waals surface area contributed by atoms with Crippen LogP contribution in [0.4, 0.5) is 0 Å². The van der Waals surface area contributed by atoms with Gasteiger partial charge in [0.25, 0.3) is 0 Å². The van der Waals surface area contributed by atoms with Gasteiger partial charge in [-0.2, -0.15) is 4.98 Å². The van der Waals surface area contributed by atoms with Crippen molar-refractivity contribution in [2.75, 3.05) is 13.1 Å². The van der Waals surface area contributed by atoms with Crippen molar-refractivity contribution >= 4 is 0 Å². The van der Waals surface area contributed by atoms with Gasteiger partial charge >= 0.3 is 0 Å². The predicted octanol–water partition coefficient (Wildman–Crippen LogP) is 3.70. The first-order valence-corrected chi connectivity index (χ1v) is 8.86. The first kappa shape index (κ1) is 17.1. The molecule has 5 heteroatoms. The highest BCUT2D eigenvalue weighted by molar-refractivity contribution is 5.18. The minimum Gasteiger partial charge on any atom is -0.388 e. The SMILES string of the molecule is CC(C)c1noc([C@@H](C)N2CCC([C@@H](O)c3ccccc3)CC2)n1. The Morgan fingerprint density at radius 2 is 1.79 bits per heavy atom. The Morgan fingerprint density at radius 1 is 1.12 bits per heavy atom. The average molecular weight is 329 g/mol. The van der Waals surface area contributed by atoms with Crippen LogP contribution in [0, 0.1) is 5.92 Å². The zero-order chi connectivity index (χ0) is 17.1. The van der Waals surface area contributed by atoms with E-state index in [0.717, 1.165) is 37.3 Å². The van der Waals surface area contributed by atoms with Crippen molar-refractivity contribution < 1.29 is 9.63 Å². The lowest BCUT2D eigenvalue weighted by atomic mass is 9.87. The smallest absolute Gasteiger partial charge is 0.243 e. The van der Waals surface area contributed by atoms with Crippen LogP contribution in [0.5, 0.6) is 0 Å². The van der Waals surface area contributed by atoms with Gasteiger partial charge in [0.1, 0.15) is 0 Å². The first-order valence-electron chi connectivity index (χ1n) is 8.86. The van der Waals surface area contributed by atoms with E-state index in [4.69, 9.17) is 4.52 Å². The van der Waals surface area contributed by atoms with Gasteiger partial charge in [0.05, 0.1) is 12.1 Å². The summed E-state index contributed by atoms with van der Waals surface area (Å²) in [6, 6.07) is 10.1. The Bertz CT molecular complexity index is 633. The summed E-state index contributed by atoms with van der Waals surface area (Å²) in [6.45, 7) is 8.13. The molecule has 2 heterocycles. The molecule has 2 atom stereocenters. The second-order valence-corrected chi connectivity index (χ2v) is 7.05. The van der Waals surface area contributed by atoms with Gasteiger partial charge in [-0.05, 0) is 44.3 Å². The summed E-state index contributed by atoms with van der Waals surface area (Å²) in [4.78, 5) is 6.88. The van der Waals surface area contributed by atoms with E-state index in [-0.39, 0.29) is 18.1 Å². The maximum atomic E-state index is 10.6. The molecule has 1 saturated heterocycles. The molecule has 1 aliphatic rings. The number of rotatable bonds is 5. The summed E-state index contributed by atoms with van der Waals surface area (Å²) in [5.41, 5.74) is 1.02. The van der Waals surface area contributed by atoms with Gasteiger partial charge in [0.15, 0.2) is 5.82 Å². The predicted molar refractivity (Wildman–Crippen MR) is 92.5 cm³/mol. The van der Waals surface area contributed by atoms with Crippen LogP contribution in [0.2, 0.25) is 0 Å². The van der Waals surface area contributed by atoms with Gasteiger partial charge in [-0.25, -0.2) is 0 Å². The molecule has 1 aliphatic heterocycles. The fraction of sp³-hybridized carbons (Fsp3) is 0.579. The molecule has 1 N–H and O–H groups in total. The number of piperidine rings is 1. The number of hydrogen-bond acceptors (Lipinski definition) is 5. The molecule has 0 aliphatic carbocycles. The zero-order valence-electron chi connectivity index (χ0n) is 14.7. The van der Waals surface area contributed by atoms with Gasteiger partial charge in [-0.3, -0.25) is 4.90 Å². The number of aliphatic hydroxyl groups excluding tert-OH is 1. The van der Waals surface area contributed by atoms with E-state index in [2.05, 4.69) is 35.8 Å². The molecule has 0 bridgehead atoms. The lowest BCUT2D eigenvalue weighted by molar-refractivity contribution is 0.0420. The third-order valence-electron chi connectivity index (χ3n) is 5.04. The molecular weight excluding hydrogens is 302 g/mol. The highest BCUT2D eigenvalue weighted by Gasteiger charge is 2.30. The van der Waals surface area contributed by atoms with Crippen molar-refractivity contribution in [2.45, 2.75) is 51.7 Å². The molecule has 0 radical (unpaired) electrons. The molecule has 1 fully saturated rings. The summed E-state index contributed by atoms with van der Waals surface area (Å²) in [5.74, 6) is 2.05. The van der Waals surface area contributed by atoms with Gasteiger partial charge < -0.3 is 9.63 Å². The van der Waals surface area contributed by atoms with Crippen LogP contribution >= 0.6 is 0 Å². The molecule has 0 spiro atoms. The molecule has 3 rings (SSSR count). The number of hydrogen-bond donors (Lipinski definition) is 1. The topological polar surface area (TPSA) is 62.4 Å². The zero-order valence-corrected chi connectivity index (χ0v) is 14.7. The summed E-state index contributed by atoms with van der Waals surface area (Å²) in [6.07, 6.45) is 1.58. The van der Waals surface area contributed by atoms with Crippen molar-refractivity contribution in [1.29, 1.82) is 0 Å². The fourth-order valence-corrected chi connectivity index (χ4v) is 3.35. The van der Waals surface area contributed by atoms with E-state index < -0.39 is 0 Å². The Morgan fingerprint density at radius 3 is 2.38 bits per heavy atom. The summed E-state index contributed by atoms with van der Waals surface area (Å²) >= 11 is 0. The van der Waals surface area contributed by atoms with E-state index in [1.54, 1.807) is 0 Å². The maximum absolute atomic E-state index is 10.6. The normalized spacial score (nSPS) is 19.5. The summed E-state index contributed by atoms with van der Waals surface area (Å²) in [5, 5.41) is 14.7. The molecule has 0 unspecified atom stereocenters. The fourth-order valence-electron chi connectivity index (χ4n) is 3.35. The van der Waals surface area contributed by atoms with Gasteiger partial charge in [-0.15, -0.1) is 0 Å². The third kappa shape index (κ3) is 3.68. The van der Waals surface area contributed by atoms with E-state index in [1.807, 2.05) is 30.3 Å². The molecule has 1 aromatic carbocycles. The Hall–Kier alpha value is -1.72. The van der Waals surface area contributed by atoms with E-state index in [0.29, 0.717) is 11.8 Å². The van der Waals surface area contributed by atoms with Crippen LogP contribution in [0.25, 0.3) is 0 Å². The molecule has 2 aromatic rings. The number of nitrogens with zero attached hydrogens (tertiary/aromatic N) is 3. The number of likely N-dealkylation sites (tertiary alicyclic amines) is 1. The molecular formula is C19H27N3O2. The molecule has 0 saturated carbocycles. The Kier molecular flexibility index (Phi) is 5.31. The molecule has 0 amide bonds. The Balaban J connectivity index is 1.58. The summed E-state index contributed by atoms with van der Waals surface area (Å²) in [7, 11) is 0. The highest BCUT2D eigenvalue weighted by Crippen LogP contribution is 2.33. The average Bonchev–Trinajstić information content (AvgIpc) is 3.12. The van der Waals surface area contributed by atoms with Crippen molar-refractivity contribution in [3.05, 3.63) is 47.6 Å². The van der Waals surface area contributed by atoms with Crippen molar-refractivity contribution in [2.24, 2.45) is 5.92 Å². The van der Waals surface area contributed by atoms with Gasteiger partial charge in [0.2, 0.25) is 5.89 Å². The number of aromatic nitrogens is 2. The van der Waals surface area contributed by atoms with Crippen LogP contribution < -0.4 is 0 Å². The largest absolute Gasteiger partial charge is 0.388 e. The number of aliphatic hydroxyl groups is 1. The Labute approximate surface area is 143 Å². The van der Waals surface area contributed by atoms with Crippen molar-refractivity contribution in [3.63, 3.8) is 0 Å². The molecule has 130 valence electrons. The second-order valence-electron chi connectivity index (χ2n) is 7.05. The monoisotopic (exact) mass is 329 g/mol. The minimum absolute atomic E-state index is 0.125. The third-order valence-corrected chi connectivity index (χ3v) is 5.04. The first-order chi connectivity index (χ1) is 11.6. The summed E-state index contributed by atoms with van der Waals surface area (Å²) < 4.78 is 5.43. The van der Waals surface area contributed by atoms with Crippen LogP contribution in [-0.2, 0) is 0 Å². The van der Waals surface area contributed by atoms with Gasteiger partial charge in [0, 0.05) is 5.92 Å². The standard InChI is InChI=1S/C19H27N3O2/c1-13(2)18-20-19(24-21-18)14(3)22-11-9-16(10-12-22)17(23)15-7-5-4-6-8-15/h4-8,13-14,16-17,23H,9-12H2,1-3H3/t14-,17+/m1/s1. The molecule has 24 heavy (non-hydrogen) atoms. The van der Waals surface area contributed by atoms with E-state index in [9.17, 15) is 5.11 Å². The number of benzene rings is 1. The quantitative estimate of drug-likeness (QED) is 0.906. The van der Waals surface area contributed by atoms with E-state index >= 15 is 0 Å². The van der Waals surface area contributed by atoms with Crippen LogP contribution in [0.15, 0.2) is 34.9 Å². The molecule has 1 aromatic heterocycles. The van der Waals surface area contributed by atoms with Crippen molar-refractivity contribution in [1.82, 2.24) is 15.0 Å². The van der Waals surface area contributed by atoms with Crippen LogP contribution in [0.3, 0.4) is 0 Å². The maximum Gasteiger partial charge on any atom is 0.243 e. The second kappa shape index (κ2) is 7.45. The van der Waals surface area contributed by atoms with E-state index in [1.165, 1.54) is 0 Å². The van der Waals surface area contributed by atoms with Gasteiger partial charge in [-0.1, -0.05) is 49.3 Å².